The summed E-state index contributed by atoms with van der Waals surface area (Å²) in [4.78, 5) is 24.8. The number of amides is 2. The number of carbonyl (C=O) groups excluding carboxylic acids is 1. The van der Waals surface area contributed by atoms with Gasteiger partial charge < -0.3 is 25.4 Å². The van der Waals surface area contributed by atoms with Crippen LogP contribution in [0.4, 0.5) is 4.79 Å². The molecule has 0 bridgehead atoms. The smallest absolute Gasteiger partial charge is 0.314 e. The number of aliphatic carboxylic acids is 1. The number of rotatable bonds is 6. The highest BCUT2D eigenvalue weighted by Crippen LogP contribution is 2.43. The summed E-state index contributed by atoms with van der Waals surface area (Å²) in [6, 6.07) is -0.247. The van der Waals surface area contributed by atoms with Crippen LogP contribution in [-0.4, -0.2) is 67.9 Å². The van der Waals surface area contributed by atoms with Crippen molar-refractivity contribution in [1.29, 1.82) is 0 Å². The number of urea groups is 1. The molecule has 1 heterocycles. The van der Waals surface area contributed by atoms with Crippen LogP contribution in [0.15, 0.2) is 0 Å². The summed E-state index contributed by atoms with van der Waals surface area (Å²) in [6.45, 7) is 3.31. The van der Waals surface area contributed by atoms with Crippen LogP contribution in [0, 0.1) is 5.41 Å². The van der Waals surface area contributed by atoms with E-state index in [1.807, 2.05) is 7.05 Å². The topological polar surface area (TPSA) is 90.9 Å². The van der Waals surface area contributed by atoms with Gasteiger partial charge in [0, 0.05) is 26.2 Å². The Kier molecular flexibility index (Phi) is 5.41. The van der Waals surface area contributed by atoms with Gasteiger partial charge >= 0.3 is 12.0 Å². The molecule has 21 heavy (non-hydrogen) atoms. The first-order valence-corrected chi connectivity index (χ1v) is 7.53. The number of nitrogens with one attached hydrogen (secondary N) is 2. The molecule has 2 amide bonds. The molecule has 1 saturated carbocycles. The van der Waals surface area contributed by atoms with Crippen molar-refractivity contribution < 1.29 is 19.4 Å². The predicted molar refractivity (Wildman–Crippen MR) is 77.2 cm³/mol. The summed E-state index contributed by atoms with van der Waals surface area (Å²) >= 11 is 0. The van der Waals surface area contributed by atoms with Crippen molar-refractivity contribution in [2.24, 2.45) is 5.41 Å². The Bertz CT molecular complexity index is 384. The number of hydrogen-bond donors (Lipinski definition) is 3. The van der Waals surface area contributed by atoms with E-state index < -0.39 is 5.97 Å². The second-order valence-corrected chi connectivity index (χ2v) is 6.24. The van der Waals surface area contributed by atoms with Crippen molar-refractivity contribution >= 4 is 12.0 Å². The monoisotopic (exact) mass is 299 g/mol. The minimum atomic E-state index is -0.796. The number of hydrogen-bond acceptors (Lipinski definition) is 4. The molecule has 0 spiro atoms. The first-order chi connectivity index (χ1) is 9.99. The number of carboxylic acid groups (broad SMARTS) is 1. The Morgan fingerprint density at radius 3 is 2.71 bits per heavy atom. The maximum absolute atomic E-state index is 11.8. The first kappa shape index (κ1) is 16.0. The van der Waals surface area contributed by atoms with Crippen LogP contribution in [0.25, 0.3) is 0 Å². The van der Waals surface area contributed by atoms with Gasteiger partial charge in [-0.1, -0.05) is 6.42 Å². The molecule has 1 atom stereocenters. The van der Waals surface area contributed by atoms with Gasteiger partial charge in [-0.25, -0.2) is 4.79 Å². The van der Waals surface area contributed by atoms with Crippen molar-refractivity contribution in [3.05, 3.63) is 0 Å². The number of carboxylic acids is 1. The summed E-state index contributed by atoms with van der Waals surface area (Å²) in [7, 11) is 2.03. The molecule has 0 radical (unpaired) electrons. The van der Waals surface area contributed by atoms with Gasteiger partial charge in [0.2, 0.25) is 0 Å². The first-order valence-electron chi connectivity index (χ1n) is 7.53. The molecule has 120 valence electrons. The van der Waals surface area contributed by atoms with Gasteiger partial charge in [0.1, 0.15) is 0 Å². The second kappa shape index (κ2) is 7.09. The molecule has 0 aromatic heterocycles. The maximum Gasteiger partial charge on any atom is 0.314 e. The lowest BCUT2D eigenvalue weighted by atomic mass is 9.66. The van der Waals surface area contributed by atoms with E-state index in [-0.39, 0.29) is 24.0 Å². The van der Waals surface area contributed by atoms with Crippen LogP contribution in [0.2, 0.25) is 0 Å². The Morgan fingerprint density at radius 2 is 2.14 bits per heavy atom. The highest BCUT2D eigenvalue weighted by atomic mass is 16.5. The van der Waals surface area contributed by atoms with Crippen molar-refractivity contribution in [3.63, 3.8) is 0 Å². The minimum absolute atomic E-state index is 0.0196. The van der Waals surface area contributed by atoms with Gasteiger partial charge in [0.15, 0.2) is 0 Å². The normalized spacial score (nSPS) is 24.9. The van der Waals surface area contributed by atoms with Crippen molar-refractivity contribution in [2.75, 3.05) is 39.8 Å². The third-order valence-corrected chi connectivity index (χ3v) is 4.40. The van der Waals surface area contributed by atoms with Gasteiger partial charge in [-0.05, 0) is 25.3 Å². The molecular formula is C14H25N3O4. The van der Waals surface area contributed by atoms with E-state index in [0.29, 0.717) is 19.7 Å². The molecule has 1 aliphatic carbocycles. The minimum Gasteiger partial charge on any atom is -0.481 e. The van der Waals surface area contributed by atoms with Crippen LogP contribution in [-0.2, 0) is 9.53 Å². The zero-order valence-corrected chi connectivity index (χ0v) is 12.6. The van der Waals surface area contributed by atoms with Gasteiger partial charge in [0.25, 0.3) is 0 Å². The van der Waals surface area contributed by atoms with Gasteiger partial charge in [-0.2, -0.15) is 0 Å². The highest BCUT2D eigenvalue weighted by Gasteiger charge is 2.39. The molecule has 1 saturated heterocycles. The lowest BCUT2D eigenvalue weighted by Gasteiger charge is -2.40. The summed E-state index contributed by atoms with van der Waals surface area (Å²) in [5.74, 6) is -0.796. The van der Waals surface area contributed by atoms with Gasteiger partial charge in [-0.15, -0.1) is 0 Å². The van der Waals surface area contributed by atoms with Crippen LogP contribution in [0.5, 0.6) is 0 Å². The number of morpholine rings is 1. The largest absolute Gasteiger partial charge is 0.481 e. The SMILES string of the molecule is CN1CCOC(CNC(=O)NCC2(CC(=O)O)CCC2)C1. The summed E-state index contributed by atoms with van der Waals surface area (Å²) in [6.07, 6.45) is 2.93. The lowest BCUT2D eigenvalue weighted by Crippen LogP contribution is -2.50. The highest BCUT2D eigenvalue weighted by molar-refractivity contribution is 5.74. The Hall–Kier alpha value is -1.34. The van der Waals surface area contributed by atoms with Gasteiger partial charge in [0.05, 0.1) is 19.1 Å². The van der Waals surface area contributed by atoms with Crippen LogP contribution >= 0.6 is 0 Å². The molecule has 2 fully saturated rings. The van der Waals surface area contributed by atoms with E-state index in [1.165, 1.54) is 0 Å². The van der Waals surface area contributed by atoms with E-state index in [0.717, 1.165) is 32.4 Å². The molecule has 2 rings (SSSR count). The molecule has 1 aliphatic heterocycles. The summed E-state index contributed by atoms with van der Waals surface area (Å²) < 4.78 is 5.57. The molecule has 7 nitrogen and oxygen atoms in total. The van der Waals surface area contributed by atoms with Gasteiger partial charge in [-0.3, -0.25) is 4.79 Å². The Labute approximate surface area is 125 Å². The molecule has 1 unspecified atom stereocenters. The standard InChI is InChI=1S/C14H25N3O4/c1-17-5-6-21-11(9-17)8-15-13(20)16-10-14(3-2-4-14)7-12(18)19/h11H,2-10H2,1H3,(H,18,19)(H2,15,16,20). The molecule has 3 N–H and O–H groups in total. The van der Waals surface area contributed by atoms with E-state index >= 15 is 0 Å². The fourth-order valence-electron chi connectivity index (χ4n) is 2.94. The van der Waals surface area contributed by atoms with Crippen molar-refractivity contribution in [1.82, 2.24) is 15.5 Å². The molecule has 7 heteroatoms. The van der Waals surface area contributed by atoms with Crippen molar-refractivity contribution in [3.8, 4) is 0 Å². The average Bonchev–Trinajstić information content (AvgIpc) is 2.39. The summed E-state index contributed by atoms with van der Waals surface area (Å²) in [5, 5.41) is 14.5. The Morgan fingerprint density at radius 1 is 1.38 bits per heavy atom. The van der Waals surface area contributed by atoms with E-state index in [9.17, 15) is 9.59 Å². The lowest BCUT2D eigenvalue weighted by molar-refractivity contribution is -0.141. The van der Waals surface area contributed by atoms with E-state index in [1.54, 1.807) is 0 Å². The van der Waals surface area contributed by atoms with E-state index in [2.05, 4.69) is 15.5 Å². The van der Waals surface area contributed by atoms with Crippen LogP contribution in [0.1, 0.15) is 25.7 Å². The molecule has 0 aromatic rings. The maximum atomic E-state index is 11.8. The van der Waals surface area contributed by atoms with Crippen LogP contribution < -0.4 is 10.6 Å². The predicted octanol–water partition coefficient (Wildman–Crippen LogP) is 0.261. The van der Waals surface area contributed by atoms with Crippen molar-refractivity contribution in [2.45, 2.75) is 31.8 Å². The quantitative estimate of drug-likeness (QED) is 0.654. The average molecular weight is 299 g/mol. The number of likely N-dealkylation sites (N-methyl/N-ethyl adjacent to an activating group) is 1. The zero-order chi connectivity index (χ0) is 15.3. The third-order valence-electron chi connectivity index (χ3n) is 4.40. The molecular weight excluding hydrogens is 274 g/mol. The van der Waals surface area contributed by atoms with Crippen LogP contribution in [0.3, 0.4) is 0 Å². The summed E-state index contributed by atoms with van der Waals surface area (Å²) in [5.41, 5.74) is -0.245. The zero-order valence-electron chi connectivity index (χ0n) is 12.6. The third kappa shape index (κ3) is 4.86. The Balaban J connectivity index is 1.66. The second-order valence-electron chi connectivity index (χ2n) is 6.24. The fourth-order valence-corrected chi connectivity index (χ4v) is 2.94. The molecule has 2 aliphatic rings. The number of carbonyl (C=O) groups is 2. The van der Waals surface area contributed by atoms with E-state index in [4.69, 9.17) is 9.84 Å². The fraction of sp³-hybridized carbons (Fsp3) is 0.857. The number of nitrogens with zero attached hydrogens (tertiary/aromatic N) is 1. The molecule has 0 aromatic carbocycles. The number of ether oxygens (including phenoxy) is 1.